The van der Waals surface area contributed by atoms with Crippen LogP contribution in [0.2, 0.25) is 5.02 Å². The summed E-state index contributed by atoms with van der Waals surface area (Å²) in [5.74, 6) is 0. The Morgan fingerprint density at radius 1 is 1.37 bits per heavy atom. The van der Waals surface area contributed by atoms with Gasteiger partial charge in [-0.05, 0) is 37.6 Å². The van der Waals surface area contributed by atoms with E-state index in [1.165, 1.54) is 0 Å². The lowest BCUT2D eigenvalue weighted by Crippen LogP contribution is -2.49. The molecule has 0 saturated carbocycles. The van der Waals surface area contributed by atoms with Gasteiger partial charge in [-0.2, -0.15) is 0 Å². The quantitative estimate of drug-likeness (QED) is 0.810. The van der Waals surface area contributed by atoms with Crippen molar-refractivity contribution in [1.82, 2.24) is 10.0 Å². The van der Waals surface area contributed by atoms with Gasteiger partial charge in [0.15, 0.2) is 0 Å². The highest BCUT2D eigenvalue weighted by molar-refractivity contribution is 9.10. The second kappa shape index (κ2) is 6.54. The highest BCUT2D eigenvalue weighted by Crippen LogP contribution is 2.21. The predicted octanol–water partition coefficient (Wildman–Crippen LogP) is 2.52. The van der Waals surface area contributed by atoms with E-state index in [1.807, 2.05) is 32.0 Å². The Hall–Kier alpha value is -0.140. The van der Waals surface area contributed by atoms with Gasteiger partial charge < -0.3 is 5.32 Å². The molecule has 1 aromatic carbocycles. The lowest BCUT2D eigenvalue weighted by Gasteiger charge is -2.25. The summed E-state index contributed by atoms with van der Waals surface area (Å²) < 4.78 is 26.0. The molecule has 0 fully saturated rings. The minimum atomic E-state index is -3.21. The third-order valence-electron chi connectivity index (χ3n) is 2.35. The largest absolute Gasteiger partial charge is 0.311 e. The maximum absolute atomic E-state index is 11.2. The van der Waals surface area contributed by atoms with Crippen LogP contribution in [0.3, 0.4) is 0 Å². The summed E-state index contributed by atoms with van der Waals surface area (Å²) >= 11 is 9.38. The van der Waals surface area contributed by atoms with Crippen LogP contribution in [-0.4, -0.2) is 26.8 Å². The van der Waals surface area contributed by atoms with Gasteiger partial charge >= 0.3 is 0 Å². The van der Waals surface area contributed by atoms with Crippen LogP contribution < -0.4 is 10.0 Å². The number of hydrogen-bond donors (Lipinski definition) is 2. The van der Waals surface area contributed by atoms with E-state index in [4.69, 9.17) is 11.6 Å². The zero-order chi connectivity index (χ0) is 14.7. The van der Waals surface area contributed by atoms with Gasteiger partial charge in [0, 0.05) is 28.1 Å². The highest BCUT2D eigenvalue weighted by atomic mass is 79.9. The first-order valence-corrected chi connectivity index (χ1v) is 8.79. The van der Waals surface area contributed by atoms with Crippen molar-refractivity contribution in [3.05, 3.63) is 33.3 Å². The number of nitrogens with one attached hydrogen (secondary N) is 2. The molecular weight excluding hydrogens is 352 g/mol. The predicted molar refractivity (Wildman–Crippen MR) is 82.9 cm³/mol. The molecule has 0 spiro atoms. The molecule has 0 heterocycles. The van der Waals surface area contributed by atoms with E-state index in [2.05, 4.69) is 26.0 Å². The fourth-order valence-corrected chi connectivity index (χ4v) is 3.38. The normalized spacial score (nSPS) is 12.7. The second-order valence-corrected chi connectivity index (χ2v) is 8.14. The van der Waals surface area contributed by atoms with E-state index in [-0.39, 0.29) is 0 Å². The van der Waals surface area contributed by atoms with Crippen molar-refractivity contribution >= 4 is 37.6 Å². The molecule has 108 valence electrons. The Balaban J connectivity index is 2.56. The first kappa shape index (κ1) is 16.9. The monoisotopic (exact) mass is 368 g/mol. The van der Waals surface area contributed by atoms with Crippen molar-refractivity contribution in [2.24, 2.45) is 0 Å². The minimum Gasteiger partial charge on any atom is -0.311 e. The number of benzene rings is 1. The molecule has 0 saturated heterocycles. The molecule has 0 radical (unpaired) electrons. The van der Waals surface area contributed by atoms with E-state index in [0.717, 1.165) is 16.3 Å². The lowest BCUT2D eigenvalue weighted by atomic mass is 10.1. The summed E-state index contributed by atoms with van der Waals surface area (Å²) in [6.45, 7) is 4.77. The molecule has 0 aliphatic heterocycles. The SMILES string of the molecule is CC(C)(CNCc1cc(Cl)ccc1Br)NS(C)(=O)=O. The highest BCUT2D eigenvalue weighted by Gasteiger charge is 2.21. The van der Waals surface area contributed by atoms with Crippen molar-refractivity contribution in [3.63, 3.8) is 0 Å². The smallest absolute Gasteiger partial charge is 0.209 e. The summed E-state index contributed by atoms with van der Waals surface area (Å²) in [4.78, 5) is 0. The van der Waals surface area contributed by atoms with E-state index < -0.39 is 15.6 Å². The third-order valence-corrected chi connectivity index (χ3v) is 4.28. The zero-order valence-corrected chi connectivity index (χ0v) is 14.3. The van der Waals surface area contributed by atoms with Crippen LogP contribution in [0, 0.1) is 0 Å². The first-order valence-electron chi connectivity index (χ1n) is 5.73. The Kier molecular flexibility index (Phi) is 5.82. The Morgan fingerprint density at radius 2 is 2.00 bits per heavy atom. The molecule has 0 aliphatic carbocycles. The fourth-order valence-electron chi connectivity index (χ4n) is 1.73. The van der Waals surface area contributed by atoms with Gasteiger partial charge in [0.25, 0.3) is 0 Å². The number of rotatable bonds is 6. The van der Waals surface area contributed by atoms with E-state index in [9.17, 15) is 8.42 Å². The summed E-state index contributed by atoms with van der Waals surface area (Å²) in [5.41, 5.74) is 0.487. The molecule has 19 heavy (non-hydrogen) atoms. The Morgan fingerprint density at radius 3 is 2.58 bits per heavy atom. The summed E-state index contributed by atoms with van der Waals surface area (Å²) in [6, 6.07) is 5.57. The topological polar surface area (TPSA) is 58.2 Å². The standard InChI is InChI=1S/C12H18BrClN2O2S/c1-12(2,16-19(3,17)18)8-15-7-9-6-10(14)4-5-11(9)13/h4-6,15-16H,7-8H2,1-3H3. The molecule has 0 aromatic heterocycles. The summed E-state index contributed by atoms with van der Waals surface area (Å²) in [6.07, 6.45) is 1.16. The molecule has 7 heteroatoms. The molecule has 0 atom stereocenters. The van der Waals surface area contributed by atoms with Crippen LogP contribution in [0.15, 0.2) is 22.7 Å². The molecule has 0 aliphatic rings. The van der Waals surface area contributed by atoms with Crippen LogP contribution in [0.1, 0.15) is 19.4 Å². The summed E-state index contributed by atoms with van der Waals surface area (Å²) in [5, 5.41) is 3.89. The molecular formula is C12H18BrClN2O2S. The fraction of sp³-hybridized carbons (Fsp3) is 0.500. The van der Waals surface area contributed by atoms with Crippen LogP contribution in [0.5, 0.6) is 0 Å². The Bertz CT molecular complexity index is 547. The maximum atomic E-state index is 11.2. The van der Waals surface area contributed by atoms with Crippen molar-refractivity contribution < 1.29 is 8.42 Å². The molecule has 2 N–H and O–H groups in total. The van der Waals surface area contributed by atoms with Gasteiger partial charge in [-0.1, -0.05) is 27.5 Å². The van der Waals surface area contributed by atoms with E-state index >= 15 is 0 Å². The molecule has 0 amide bonds. The first-order chi connectivity index (χ1) is 8.59. The molecule has 4 nitrogen and oxygen atoms in total. The van der Waals surface area contributed by atoms with Gasteiger partial charge in [-0.25, -0.2) is 13.1 Å². The van der Waals surface area contributed by atoms with Crippen LogP contribution in [-0.2, 0) is 16.6 Å². The Labute approximate surface area is 128 Å². The van der Waals surface area contributed by atoms with Crippen LogP contribution >= 0.6 is 27.5 Å². The van der Waals surface area contributed by atoms with Gasteiger partial charge in [0.1, 0.15) is 0 Å². The maximum Gasteiger partial charge on any atom is 0.209 e. The van der Waals surface area contributed by atoms with Gasteiger partial charge in [0.2, 0.25) is 10.0 Å². The average Bonchev–Trinajstić information content (AvgIpc) is 2.19. The van der Waals surface area contributed by atoms with Gasteiger partial charge in [0.05, 0.1) is 6.26 Å². The van der Waals surface area contributed by atoms with Crippen molar-refractivity contribution in [2.75, 3.05) is 12.8 Å². The molecule has 0 bridgehead atoms. The average molecular weight is 370 g/mol. The molecule has 1 rings (SSSR count). The van der Waals surface area contributed by atoms with Gasteiger partial charge in [-0.3, -0.25) is 0 Å². The van der Waals surface area contributed by atoms with E-state index in [0.29, 0.717) is 18.1 Å². The number of sulfonamides is 1. The van der Waals surface area contributed by atoms with Crippen molar-refractivity contribution in [3.8, 4) is 0 Å². The number of hydrogen-bond acceptors (Lipinski definition) is 3. The second-order valence-electron chi connectivity index (χ2n) is 5.10. The number of halogens is 2. The zero-order valence-electron chi connectivity index (χ0n) is 11.1. The molecule has 1 aromatic rings. The van der Waals surface area contributed by atoms with Crippen molar-refractivity contribution in [2.45, 2.75) is 25.9 Å². The van der Waals surface area contributed by atoms with E-state index in [1.54, 1.807) is 0 Å². The lowest BCUT2D eigenvalue weighted by molar-refractivity contribution is 0.421. The van der Waals surface area contributed by atoms with Crippen LogP contribution in [0.4, 0.5) is 0 Å². The minimum absolute atomic E-state index is 0.513. The van der Waals surface area contributed by atoms with Crippen molar-refractivity contribution in [1.29, 1.82) is 0 Å². The van der Waals surface area contributed by atoms with Gasteiger partial charge in [-0.15, -0.1) is 0 Å². The van der Waals surface area contributed by atoms with Crippen LogP contribution in [0.25, 0.3) is 0 Å². The summed E-state index contributed by atoms with van der Waals surface area (Å²) in [7, 11) is -3.21. The third kappa shape index (κ3) is 6.72. The molecule has 0 unspecified atom stereocenters.